The number of pyridine rings is 1. The van der Waals surface area contributed by atoms with Crippen molar-refractivity contribution in [2.45, 2.75) is 33.2 Å². The van der Waals surface area contributed by atoms with Crippen LogP contribution in [0.3, 0.4) is 0 Å². The number of carbonyl (C=O) groups excluding carboxylic acids is 1. The molecule has 1 saturated heterocycles. The molecule has 2 N–H and O–H groups in total. The number of hydrogen-bond acceptors (Lipinski definition) is 5. The lowest BCUT2D eigenvalue weighted by Gasteiger charge is -2.42. The van der Waals surface area contributed by atoms with Gasteiger partial charge in [-0.3, -0.25) is 9.78 Å². The lowest BCUT2D eigenvalue weighted by Crippen LogP contribution is -2.54. The van der Waals surface area contributed by atoms with Gasteiger partial charge in [0.25, 0.3) is 5.91 Å². The summed E-state index contributed by atoms with van der Waals surface area (Å²) in [4.78, 5) is 19.1. The number of piperidine rings is 1. The molecule has 156 valence electrons. The Morgan fingerprint density at radius 2 is 2.00 bits per heavy atom. The SMILES string of the molecule is Cc1c(C(=O)N2CCC(N)C(C)(C)C2)nnn1-c1cccc2cnccc12.Cl.Cl. The van der Waals surface area contributed by atoms with Crippen molar-refractivity contribution in [2.75, 3.05) is 13.1 Å². The van der Waals surface area contributed by atoms with Crippen molar-refractivity contribution < 1.29 is 4.79 Å². The van der Waals surface area contributed by atoms with Gasteiger partial charge < -0.3 is 10.6 Å². The molecular formula is C20H26Cl2N6O. The molecule has 1 fully saturated rings. The summed E-state index contributed by atoms with van der Waals surface area (Å²) in [5, 5.41) is 10.5. The van der Waals surface area contributed by atoms with E-state index in [0.717, 1.165) is 28.6 Å². The summed E-state index contributed by atoms with van der Waals surface area (Å²) in [5.74, 6) is -0.0828. The van der Waals surface area contributed by atoms with Crippen LogP contribution < -0.4 is 5.73 Å². The molecule has 0 radical (unpaired) electrons. The molecule has 9 heteroatoms. The van der Waals surface area contributed by atoms with Gasteiger partial charge in [0.05, 0.1) is 11.4 Å². The second-order valence-corrected chi connectivity index (χ2v) is 7.92. The minimum absolute atomic E-state index is 0. The minimum Gasteiger partial charge on any atom is -0.337 e. The molecule has 3 heterocycles. The van der Waals surface area contributed by atoms with Crippen molar-refractivity contribution >= 4 is 41.5 Å². The number of carbonyl (C=O) groups is 1. The summed E-state index contributed by atoms with van der Waals surface area (Å²) in [6.45, 7) is 7.36. The zero-order valence-corrected chi connectivity index (χ0v) is 18.3. The molecule has 1 aliphatic rings. The van der Waals surface area contributed by atoms with E-state index in [9.17, 15) is 4.79 Å². The number of nitrogens with zero attached hydrogens (tertiary/aromatic N) is 5. The average Bonchev–Trinajstić information content (AvgIpc) is 3.04. The summed E-state index contributed by atoms with van der Waals surface area (Å²) in [7, 11) is 0. The fraction of sp³-hybridized carbons (Fsp3) is 0.400. The zero-order valence-electron chi connectivity index (χ0n) is 16.7. The molecule has 0 aliphatic carbocycles. The Bertz CT molecular complexity index is 1010. The third-order valence-corrected chi connectivity index (χ3v) is 5.58. The molecule has 1 unspecified atom stereocenters. The largest absolute Gasteiger partial charge is 0.337 e. The Morgan fingerprint density at radius 1 is 1.24 bits per heavy atom. The highest BCUT2D eigenvalue weighted by Crippen LogP contribution is 2.29. The van der Waals surface area contributed by atoms with Crippen LogP contribution in [0.25, 0.3) is 16.5 Å². The standard InChI is InChI=1S/C20H24N6O.2ClH/c1-13-18(19(27)25-10-8-17(21)20(2,3)12-25)23-24-26(13)16-6-4-5-14-11-22-9-7-15(14)16;;/h4-7,9,11,17H,8,10,12,21H2,1-3H3;2*1H. The van der Waals surface area contributed by atoms with E-state index in [0.29, 0.717) is 18.8 Å². The van der Waals surface area contributed by atoms with Crippen molar-refractivity contribution in [1.29, 1.82) is 0 Å². The average molecular weight is 437 g/mol. The van der Waals surface area contributed by atoms with Crippen LogP contribution in [0.2, 0.25) is 0 Å². The van der Waals surface area contributed by atoms with Crippen LogP contribution in [-0.2, 0) is 0 Å². The van der Waals surface area contributed by atoms with Crippen LogP contribution in [0.5, 0.6) is 0 Å². The number of benzene rings is 1. The summed E-state index contributed by atoms with van der Waals surface area (Å²) in [5.41, 5.74) is 8.11. The molecule has 4 rings (SSSR count). The van der Waals surface area contributed by atoms with Gasteiger partial charge in [0.1, 0.15) is 0 Å². The first-order valence-corrected chi connectivity index (χ1v) is 9.19. The number of amides is 1. The van der Waals surface area contributed by atoms with Crippen LogP contribution >= 0.6 is 24.8 Å². The predicted octanol–water partition coefficient (Wildman–Crippen LogP) is 3.17. The Labute approximate surface area is 182 Å². The van der Waals surface area contributed by atoms with Gasteiger partial charge in [-0.05, 0) is 30.9 Å². The van der Waals surface area contributed by atoms with Gasteiger partial charge in [-0.25, -0.2) is 4.68 Å². The van der Waals surface area contributed by atoms with Gasteiger partial charge in [-0.1, -0.05) is 31.2 Å². The summed E-state index contributed by atoms with van der Waals surface area (Å²) >= 11 is 0. The third kappa shape index (κ3) is 4.08. The van der Waals surface area contributed by atoms with Gasteiger partial charge in [0.2, 0.25) is 0 Å². The first-order chi connectivity index (χ1) is 12.9. The number of fused-ring (bicyclic) bond motifs is 1. The molecule has 0 saturated carbocycles. The number of aromatic nitrogens is 4. The van der Waals surface area contributed by atoms with Crippen LogP contribution in [0.4, 0.5) is 0 Å². The predicted molar refractivity (Wildman–Crippen MR) is 118 cm³/mol. The molecule has 7 nitrogen and oxygen atoms in total. The Kier molecular flexibility index (Phi) is 6.88. The molecule has 1 aromatic carbocycles. The van der Waals surface area contributed by atoms with Crippen LogP contribution in [0, 0.1) is 12.3 Å². The van der Waals surface area contributed by atoms with Gasteiger partial charge in [0.15, 0.2) is 5.69 Å². The van der Waals surface area contributed by atoms with E-state index in [1.165, 1.54) is 0 Å². The second-order valence-electron chi connectivity index (χ2n) is 7.92. The molecular weight excluding hydrogens is 411 g/mol. The lowest BCUT2D eigenvalue weighted by molar-refractivity contribution is 0.0526. The molecule has 1 amide bonds. The van der Waals surface area contributed by atoms with E-state index < -0.39 is 0 Å². The fourth-order valence-corrected chi connectivity index (χ4v) is 3.74. The Hall–Kier alpha value is -2.22. The molecule has 0 spiro atoms. The fourth-order valence-electron chi connectivity index (χ4n) is 3.74. The number of rotatable bonds is 2. The molecule has 3 aromatic rings. The highest BCUT2D eigenvalue weighted by molar-refractivity contribution is 5.94. The maximum Gasteiger partial charge on any atom is 0.276 e. The van der Waals surface area contributed by atoms with Gasteiger partial charge in [-0.15, -0.1) is 29.9 Å². The zero-order chi connectivity index (χ0) is 19.2. The van der Waals surface area contributed by atoms with E-state index in [2.05, 4.69) is 29.1 Å². The Balaban J connectivity index is 0.00000150. The van der Waals surface area contributed by atoms with Gasteiger partial charge >= 0.3 is 0 Å². The minimum atomic E-state index is -0.111. The number of hydrogen-bond donors (Lipinski definition) is 1. The van der Waals surface area contributed by atoms with Crippen molar-refractivity contribution in [1.82, 2.24) is 24.9 Å². The summed E-state index contributed by atoms with van der Waals surface area (Å²) < 4.78 is 1.73. The van der Waals surface area contributed by atoms with Crippen molar-refractivity contribution in [3.05, 3.63) is 48.0 Å². The monoisotopic (exact) mass is 436 g/mol. The van der Waals surface area contributed by atoms with Crippen molar-refractivity contribution in [3.63, 3.8) is 0 Å². The Morgan fingerprint density at radius 3 is 2.72 bits per heavy atom. The van der Waals surface area contributed by atoms with Crippen molar-refractivity contribution in [3.8, 4) is 5.69 Å². The summed E-state index contributed by atoms with van der Waals surface area (Å²) in [6.07, 6.45) is 4.36. The van der Waals surface area contributed by atoms with E-state index in [1.54, 1.807) is 10.9 Å². The molecule has 29 heavy (non-hydrogen) atoms. The van der Waals surface area contributed by atoms with Crippen LogP contribution in [-0.4, -0.2) is 49.9 Å². The van der Waals surface area contributed by atoms with E-state index in [1.807, 2.05) is 42.3 Å². The number of halogens is 2. The highest BCUT2D eigenvalue weighted by atomic mass is 35.5. The maximum absolute atomic E-state index is 13.1. The maximum atomic E-state index is 13.1. The smallest absolute Gasteiger partial charge is 0.276 e. The lowest BCUT2D eigenvalue weighted by atomic mass is 9.79. The number of likely N-dealkylation sites (tertiary alicyclic amines) is 1. The van der Waals surface area contributed by atoms with E-state index in [-0.39, 0.29) is 42.2 Å². The quantitative estimate of drug-likeness (QED) is 0.665. The highest BCUT2D eigenvalue weighted by Gasteiger charge is 2.36. The van der Waals surface area contributed by atoms with Crippen LogP contribution in [0.15, 0.2) is 36.7 Å². The molecule has 1 atom stereocenters. The van der Waals surface area contributed by atoms with Gasteiger partial charge in [-0.2, -0.15) is 0 Å². The first kappa shape index (κ1) is 23.1. The van der Waals surface area contributed by atoms with Crippen LogP contribution in [0.1, 0.15) is 36.5 Å². The van der Waals surface area contributed by atoms with Crippen molar-refractivity contribution in [2.24, 2.45) is 11.1 Å². The molecule has 0 bridgehead atoms. The number of nitrogens with two attached hydrogens (primary N) is 1. The third-order valence-electron chi connectivity index (χ3n) is 5.58. The normalized spacial score (nSPS) is 18.1. The molecule has 1 aliphatic heterocycles. The first-order valence-electron chi connectivity index (χ1n) is 9.19. The van der Waals surface area contributed by atoms with Gasteiger partial charge in [0, 0.05) is 42.3 Å². The second kappa shape index (κ2) is 8.65. The summed E-state index contributed by atoms with van der Waals surface area (Å²) in [6, 6.07) is 7.98. The van der Waals surface area contributed by atoms with E-state index >= 15 is 0 Å². The van der Waals surface area contributed by atoms with E-state index in [4.69, 9.17) is 5.73 Å². The molecule has 2 aromatic heterocycles. The topological polar surface area (TPSA) is 89.9 Å².